The topological polar surface area (TPSA) is 62.7 Å². The van der Waals surface area contributed by atoms with E-state index in [9.17, 15) is 9.90 Å². The zero-order chi connectivity index (χ0) is 18.7. The highest BCUT2D eigenvalue weighted by molar-refractivity contribution is 5.97. The monoisotopic (exact) mass is 356 g/mol. The Kier molecular flexibility index (Phi) is 5.77. The molecule has 2 aromatic rings. The normalized spacial score (nSPS) is 17.7. The molecule has 26 heavy (non-hydrogen) atoms. The number of amides is 1. The van der Waals surface area contributed by atoms with Crippen LogP contribution >= 0.6 is 0 Å². The van der Waals surface area contributed by atoms with Crippen LogP contribution in [-0.2, 0) is 4.74 Å². The van der Waals surface area contributed by atoms with Crippen molar-refractivity contribution in [3.8, 4) is 5.75 Å². The quantitative estimate of drug-likeness (QED) is 0.827. The molecule has 1 fully saturated rings. The Morgan fingerprint density at radius 1 is 1.35 bits per heavy atom. The number of hydrogen-bond donors (Lipinski definition) is 1. The smallest absolute Gasteiger partial charge is 0.272 e. The summed E-state index contributed by atoms with van der Waals surface area (Å²) in [5.74, 6) is 0.652. The first-order chi connectivity index (χ1) is 12.5. The van der Waals surface area contributed by atoms with Crippen molar-refractivity contribution in [3.05, 3.63) is 35.0 Å². The van der Waals surface area contributed by atoms with Crippen molar-refractivity contribution in [2.45, 2.75) is 39.5 Å². The Hall–Kier alpha value is -2.14. The maximum atomic E-state index is 13.0. The average molecular weight is 356 g/mol. The van der Waals surface area contributed by atoms with Crippen LogP contribution in [0.15, 0.2) is 18.2 Å². The number of piperidine rings is 1. The molecule has 0 saturated carbocycles. The molecule has 1 aliphatic heterocycles. The van der Waals surface area contributed by atoms with Crippen LogP contribution in [0.1, 0.15) is 47.3 Å². The van der Waals surface area contributed by atoms with Gasteiger partial charge in [0.2, 0.25) is 0 Å². The van der Waals surface area contributed by atoms with E-state index in [2.05, 4.69) is 4.98 Å². The number of carbonyl (C=O) groups excluding carboxylic acids is 1. The standard InChI is InChI=1S/C21H28N2O3/c1-14-12-15(2)20(24)19-17(14)8-9-18(22-19)21(25)23-10-4-6-16(13-23)7-5-11-26-3/h8-9,12,16,24H,4-7,10-11,13H2,1-3H3/t16-/m0/s1. The lowest BCUT2D eigenvalue weighted by Crippen LogP contribution is -2.40. The van der Waals surface area contributed by atoms with E-state index in [0.29, 0.717) is 17.1 Å². The highest BCUT2D eigenvalue weighted by Gasteiger charge is 2.25. The molecule has 1 N–H and O–H groups in total. The lowest BCUT2D eigenvalue weighted by molar-refractivity contribution is 0.0655. The number of ether oxygens (including phenoxy) is 1. The Labute approximate surface area is 155 Å². The number of benzene rings is 1. The lowest BCUT2D eigenvalue weighted by Gasteiger charge is -2.32. The number of pyridine rings is 1. The van der Waals surface area contributed by atoms with Crippen molar-refractivity contribution in [2.24, 2.45) is 5.92 Å². The number of rotatable bonds is 5. The van der Waals surface area contributed by atoms with Crippen LogP contribution in [-0.4, -0.2) is 47.7 Å². The van der Waals surface area contributed by atoms with Crippen molar-refractivity contribution in [1.29, 1.82) is 0 Å². The third-order valence-corrected chi connectivity index (χ3v) is 5.34. The van der Waals surface area contributed by atoms with Crippen molar-refractivity contribution in [3.63, 3.8) is 0 Å². The van der Waals surface area contributed by atoms with E-state index < -0.39 is 0 Å². The SMILES string of the molecule is COCCC[C@@H]1CCCN(C(=O)c2ccc3c(C)cc(C)c(O)c3n2)C1. The fourth-order valence-corrected chi connectivity index (χ4v) is 3.90. The van der Waals surface area contributed by atoms with Gasteiger partial charge >= 0.3 is 0 Å². The van der Waals surface area contributed by atoms with Gasteiger partial charge in [0.05, 0.1) is 0 Å². The number of methoxy groups -OCH3 is 1. The van der Waals surface area contributed by atoms with Crippen LogP contribution in [0.2, 0.25) is 0 Å². The summed E-state index contributed by atoms with van der Waals surface area (Å²) in [5, 5.41) is 11.3. The predicted molar refractivity (Wildman–Crippen MR) is 103 cm³/mol. The van der Waals surface area contributed by atoms with Gasteiger partial charge in [-0.15, -0.1) is 0 Å². The van der Waals surface area contributed by atoms with Gasteiger partial charge in [0.15, 0.2) is 0 Å². The Balaban J connectivity index is 1.80. The second-order valence-electron chi connectivity index (χ2n) is 7.35. The maximum absolute atomic E-state index is 13.0. The number of likely N-dealkylation sites (tertiary alicyclic amines) is 1. The van der Waals surface area contributed by atoms with E-state index in [-0.39, 0.29) is 11.7 Å². The van der Waals surface area contributed by atoms with Gasteiger partial charge in [0.25, 0.3) is 5.91 Å². The number of fused-ring (bicyclic) bond motifs is 1. The Morgan fingerprint density at radius 2 is 2.15 bits per heavy atom. The first-order valence-corrected chi connectivity index (χ1v) is 9.39. The van der Waals surface area contributed by atoms with Crippen molar-refractivity contribution in [1.82, 2.24) is 9.88 Å². The summed E-state index contributed by atoms with van der Waals surface area (Å²) in [7, 11) is 1.72. The molecule has 1 saturated heterocycles. The van der Waals surface area contributed by atoms with Crippen LogP contribution < -0.4 is 0 Å². The Bertz CT molecular complexity index is 803. The minimum absolute atomic E-state index is 0.0399. The van der Waals surface area contributed by atoms with Gasteiger partial charge in [-0.1, -0.05) is 12.1 Å². The summed E-state index contributed by atoms with van der Waals surface area (Å²) >= 11 is 0. The summed E-state index contributed by atoms with van der Waals surface area (Å²) in [5.41, 5.74) is 2.76. The number of aryl methyl sites for hydroxylation is 2. The Morgan fingerprint density at radius 3 is 2.92 bits per heavy atom. The summed E-state index contributed by atoms with van der Waals surface area (Å²) < 4.78 is 5.13. The number of carbonyl (C=O) groups is 1. The van der Waals surface area contributed by atoms with E-state index in [0.717, 1.165) is 61.9 Å². The number of phenols is 1. The number of nitrogens with zero attached hydrogens (tertiary/aromatic N) is 2. The van der Waals surface area contributed by atoms with Gasteiger partial charge in [0, 0.05) is 32.2 Å². The number of phenolic OH excluding ortho intramolecular Hbond substituents is 1. The minimum atomic E-state index is -0.0399. The third kappa shape index (κ3) is 3.83. The zero-order valence-electron chi connectivity index (χ0n) is 15.9. The van der Waals surface area contributed by atoms with E-state index >= 15 is 0 Å². The first-order valence-electron chi connectivity index (χ1n) is 9.39. The van der Waals surface area contributed by atoms with Crippen LogP contribution in [0.5, 0.6) is 5.75 Å². The predicted octanol–water partition coefficient (Wildman–Crippen LogP) is 3.84. The van der Waals surface area contributed by atoms with Gasteiger partial charge < -0.3 is 14.7 Å². The van der Waals surface area contributed by atoms with Crippen molar-refractivity contribution >= 4 is 16.8 Å². The highest BCUT2D eigenvalue weighted by Crippen LogP contribution is 2.30. The summed E-state index contributed by atoms with van der Waals surface area (Å²) in [4.78, 5) is 19.4. The molecule has 3 rings (SSSR count). The van der Waals surface area contributed by atoms with Crippen LogP contribution in [0.25, 0.3) is 10.9 Å². The summed E-state index contributed by atoms with van der Waals surface area (Å²) in [6, 6.07) is 5.61. The maximum Gasteiger partial charge on any atom is 0.272 e. The molecule has 0 unspecified atom stereocenters. The fraction of sp³-hybridized carbons (Fsp3) is 0.524. The molecular formula is C21H28N2O3. The van der Waals surface area contributed by atoms with E-state index in [1.165, 1.54) is 0 Å². The molecule has 5 nitrogen and oxygen atoms in total. The van der Waals surface area contributed by atoms with Crippen molar-refractivity contribution < 1.29 is 14.6 Å². The van der Waals surface area contributed by atoms with Gasteiger partial charge in [-0.2, -0.15) is 0 Å². The second-order valence-corrected chi connectivity index (χ2v) is 7.35. The number of aromatic nitrogens is 1. The molecule has 1 atom stereocenters. The molecule has 5 heteroatoms. The molecule has 1 aliphatic rings. The van der Waals surface area contributed by atoms with Gasteiger partial charge in [-0.05, 0) is 62.6 Å². The number of hydrogen-bond acceptors (Lipinski definition) is 4. The molecule has 0 bridgehead atoms. The van der Waals surface area contributed by atoms with Gasteiger partial charge in [0.1, 0.15) is 17.0 Å². The van der Waals surface area contributed by atoms with E-state index in [1.54, 1.807) is 13.2 Å². The molecule has 2 heterocycles. The second kappa shape index (κ2) is 8.04. The van der Waals surface area contributed by atoms with Crippen LogP contribution in [0, 0.1) is 19.8 Å². The largest absolute Gasteiger partial charge is 0.505 e. The molecule has 1 aromatic heterocycles. The van der Waals surface area contributed by atoms with Crippen molar-refractivity contribution in [2.75, 3.05) is 26.8 Å². The molecular weight excluding hydrogens is 328 g/mol. The average Bonchev–Trinajstić information content (AvgIpc) is 2.65. The molecule has 0 radical (unpaired) electrons. The first kappa shape index (κ1) is 18.6. The fourth-order valence-electron chi connectivity index (χ4n) is 3.90. The molecule has 0 spiro atoms. The lowest BCUT2D eigenvalue weighted by atomic mass is 9.93. The van der Waals surface area contributed by atoms with E-state index in [1.807, 2.05) is 30.9 Å². The molecule has 1 aromatic carbocycles. The van der Waals surface area contributed by atoms with Gasteiger partial charge in [-0.25, -0.2) is 4.98 Å². The molecule has 0 aliphatic carbocycles. The summed E-state index contributed by atoms with van der Waals surface area (Å²) in [6.07, 6.45) is 4.31. The highest BCUT2D eigenvalue weighted by atomic mass is 16.5. The molecule has 140 valence electrons. The molecule has 1 amide bonds. The third-order valence-electron chi connectivity index (χ3n) is 5.34. The van der Waals surface area contributed by atoms with Crippen LogP contribution in [0.3, 0.4) is 0 Å². The number of aromatic hydroxyl groups is 1. The minimum Gasteiger partial charge on any atom is -0.505 e. The van der Waals surface area contributed by atoms with E-state index in [4.69, 9.17) is 4.74 Å². The van der Waals surface area contributed by atoms with Crippen LogP contribution in [0.4, 0.5) is 0 Å². The summed E-state index contributed by atoms with van der Waals surface area (Å²) in [6.45, 7) is 6.17. The van der Waals surface area contributed by atoms with Gasteiger partial charge in [-0.3, -0.25) is 4.79 Å². The zero-order valence-corrected chi connectivity index (χ0v) is 15.9.